The van der Waals surface area contributed by atoms with Gasteiger partial charge in [0.2, 0.25) is 10.0 Å². The predicted octanol–water partition coefficient (Wildman–Crippen LogP) is 0.954. The van der Waals surface area contributed by atoms with Crippen LogP contribution >= 0.6 is 0 Å². The molecule has 0 amide bonds. The first-order valence-electron chi connectivity index (χ1n) is 5.84. The maximum Gasteiger partial charge on any atom is 0.240 e. The van der Waals surface area contributed by atoms with E-state index in [1.165, 1.54) is 12.1 Å². The molecule has 5 nitrogen and oxygen atoms in total. The zero-order chi connectivity index (χ0) is 13.8. The van der Waals surface area contributed by atoms with E-state index < -0.39 is 16.1 Å². The van der Waals surface area contributed by atoms with Crippen LogP contribution in [0.5, 0.6) is 0 Å². The Morgan fingerprint density at radius 1 is 1.39 bits per heavy atom. The summed E-state index contributed by atoms with van der Waals surface area (Å²) in [4.78, 5) is 0.115. The van der Waals surface area contributed by atoms with Crippen LogP contribution in [0.2, 0.25) is 0 Å². The maximum atomic E-state index is 12.1. The number of hydrogen-bond donors (Lipinski definition) is 3. The Labute approximate surface area is 108 Å². The molecule has 6 heteroatoms. The molecule has 0 aliphatic carbocycles. The number of aliphatic hydroxyl groups excluding tert-OH is 1. The van der Waals surface area contributed by atoms with E-state index in [2.05, 4.69) is 4.72 Å². The number of hydrogen-bond acceptors (Lipinski definition) is 4. The molecule has 18 heavy (non-hydrogen) atoms. The van der Waals surface area contributed by atoms with Gasteiger partial charge < -0.3 is 10.8 Å². The standard InChI is InChI=1S/C12H20N2O3S/c1-9(2)6-11(8-15)14-18(16,17)12-5-3-4-10(13)7-12/h3-5,7,9,11,14-15H,6,8,13H2,1-2H3. The van der Waals surface area contributed by atoms with Crippen LogP contribution in [0.1, 0.15) is 20.3 Å². The zero-order valence-corrected chi connectivity index (χ0v) is 11.4. The highest BCUT2D eigenvalue weighted by Gasteiger charge is 2.20. The first kappa shape index (κ1) is 14.9. The SMILES string of the molecule is CC(C)CC(CO)NS(=O)(=O)c1cccc(N)c1. The second-order valence-electron chi connectivity index (χ2n) is 4.70. The Morgan fingerprint density at radius 3 is 2.56 bits per heavy atom. The molecule has 1 aromatic rings. The molecule has 0 spiro atoms. The van der Waals surface area contributed by atoms with Gasteiger partial charge in [0.1, 0.15) is 0 Å². The lowest BCUT2D eigenvalue weighted by atomic mass is 10.1. The summed E-state index contributed by atoms with van der Waals surface area (Å²) in [5, 5.41) is 9.19. The van der Waals surface area contributed by atoms with Gasteiger partial charge in [-0.1, -0.05) is 19.9 Å². The summed E-state index contributed by atoms with van der Waals surface area (Å²) in [7, 11) is -3.63. The van der Waals surface area contributed by atoms with Crippen molar-refractivity contribution in [3.63, 3.8) is 0 Å². The minimum Gasteiger partial charge on any atom is -0.399 e. The first-order valence-corrected chi connectivity index (χ1v) is 7.32. The van der Waals surface area contributed by atoms with Crippen molar-refractivity contribution in [2.24, 2.45) is 5.92 Å². The number of rotatable bonds is 6. The molecule has 102 valence electrons. The number of nitrogens with two attached hydrogens (primary N) is 1. The number of sulfonamides is 1. The lowest BCUT2D eigenvalue weighted by Gasteiger charge is -2.18. The molecule has 1 aromatic carbocycles. The van der Waals surface area contributed by atoms with Gasteiger partial charge in [0.05, 0.1) is 11.5 Å². The molecule has 0 aliphatic rings. The van der Waals surface area contributed by atoms with Crippen LogP contribution in [0.3, 0.4) is 0 Å². The average Bonchev–Trinajstić information content (AvgIpc) is 2.27. The number of nitrogens with one attached hydrogen (secondary N) is 1. The third-order valence-corrected chi connectivity index (χ3v) is 3.98. The van der Waals surface area contributed by atoms with Crippen LogP contribution in [0, 0.1) is 5.92 Å². The molecule has 0 saturated heterocycles. The number of benzene rings is 1. The highest BCUT2D eigenvalue weighted by molar-refractivity contribution is 7.89. The van der Waals surface area contributed by atoms with Crippen LogP contribution in [0.4, 0.5) is 5.69 Å². The Morgan fingerprint density at radius 2 is 2.06 bits per heavy atom. The van der Waals surface area contributed by atoms with Crippen LogP contribution in [-0.2, 0) is 10.0 Å². The molecule has 0 radical (unpaired) electrons. The van der Waals surface area contributed by atoms with Crippen molar-refractivity contribution in [3.05, 3.63) is 24.3 Å². The summed E-state index contributed by atoms with van der Waals surface area (Å²) in [5.74, 6) is 0.297. The molecule has 1 rings (SSSR count). The van der Waals surface area contributed by atoms with Gasteiger partial charge in [0.25, 0.3) is 0 Å². The van der Waals surface area contributed by atoms with Crippen LogP contribution in [0.15, 0.2) is 29.2 Å². The molecule has 0 aromatic heterocycles. The van der Waals surface area contributed by atoms with Crippen molar-refractivity contribution in [1.82, 2.24) is 4.72 Å². The summed E-state index contributed by atoms with van der Waals surface area (Å²) < 4.78 is 26.6. The van der Waals surface area contributed by atoms with E-state index in [0.717, 1.165) is 0 Å². The van der Waals surface area contributed by atoms with Gasteiger partial charge in [-0.25, -0.2) is 13.1 Å². The highest BCUT2D eigenvalue weighted by Crippen LogP contribution is 2.14. The largest absolute Gasteiger partial charge is 0.399 e. The van der Waals surface area contributed by atoms with Crippen LogP contribution in [0.25, 0.3) is 0 Å². The smallest absolute Gasteiger partial charge is 0.240 e. The van der Waals surface area contributed by atoms with Gasteiger partial charge in [-0.3, -0.25) is 0 Å². The summed E-state index contributed by atoms with van der Waals surface area (Å²) in [5.41, 5.74) is 5.95. The number of anilines is 1. The van der Waals surface area contributed by atoms with Gasteiger partial charge >= 0.3 is 0 Å². The molecule has 0 heterocycles. The molecular formula is C12H20N2O3S. The van der Waals surface area contributed by atoms with Gasteiger partial charge in [0, 0.05) is 11.7 Å². The van der Waals surface area contributed by atoms with Crippen LogP contribution < -0.4 is 10.5 Å². The fourth-order valence-electron chi connectivity index (χ4n) is 1.70. The maximum absolute atomic E-state index is 12.1. The lowest BCUT2D eigenvalue weighted by Crippen LogP contribution is -2.38. The summed E-state index contributed by atoms with van der Waals surface area (Å²) >= 11 is 0. The average molecular weight is 272 g/mol. The van der Waals surface area contributed by atoms with Gasteiger partial charge in [-0.15, -0.1) is 0 Å². The van der Waals surface area contributed by atoms with Gasteiger partial charge in [-0.2, -0.15) is 0 Å². The van der Waals surface area contributed by atoms with E-state index in [1.807, 2.05) is 13.8 Å². The van der Waals surface area contributed by atoms with Crippen LogP contribution in [-0.4, -0.2) is 26.2 Å². The Kier molecular flexibility index (Phi) is 5.13. The zero-order valence-electron chi connectivity index (χ0n) is 10.6. The minimum atomic E-state index is -3.63. The molecule has 0 bridgehead atoms. The minimum absolute atomic E-state index is 0.115. The molecule has 4 N–H and O–H groups in total. The second kappa shape index (κ2) is 6.17. The third kappa shape index (κ3) is 4.29. The Bertz CT molecular complexity index is 486. The summed E-state index contributed by atoms with van der Waals surface area (Å²) in [6.07, 6.45) is 0.581. The van der Waals surface area contributed by atoms with Crippen molar-refractivity contribution in [2.75, 3.05) is 12.3 Å². The van der Waals surface area contributed by atoms with Crippen molar-refractivity contribution in [1.29, 1.82) is 0 Å². The molecule has 0 saturated carbocycles. The summed E-state index contributed by atoms with van der Waals surface area (Å²) in [6, 6.07) is 5.60. The molecule has 1 atom stereocenters. The normalized spacial score (nSPS) is 13.8. The Hall–Kier alpha value is -1.11. The van der Waals surface area contributed by atoms with E-state index in [4.69, 9.17) is 5.73 Å². The molecule has 1 unspecified atom stereocenters. The molecule has 0 aliphatic heterocycles. The topological polar surface area (TPSA) is 92.4 Å². The number of nitrogen functional groups attached to an aromatic ring is 1. The quantitative estimate of drug-likeness (QED) is 0.672. The predicted molar refractivity (Wildman–Crippen MR) is 71.5 cm³/mol. The van der Waals surface area contributed by atoms with E-state index >= 15 is 0 Å². The van der Waals surface area contributed by atoms with E-state index in [0.29, 0.717) is 18.0 Å². The van der Waals surface area contributed by atoms with Gasteiger partial charge in [0.15, 0.2) is 0 Å². The van der Waals surface area contributed by atoms with Crippen molar-refractivity contribution in [3.8, 4) is 0 Å². The lowest BCUT2D eigenvalue weighted by molar-refractivity contribution is 0.240. The second-order valence-corrected chi connectivity index (χ2v) is 6.42. The monoisotopic (exact) mass is 272 g/mol. The highest BCUT2D eigenvalue weighted by atomic mass is 32.2. The summed E-state index contributed by atoms with van der Waals surface area (Å²) in [6.45, 7) is 3.72. The third-order valence-electron chi connectivity index (χ3n) is 2.47. The Balaban J connectivity index is 2.87. The van der Waals surface area contributed by atoms with Crippen molar-refractivity contribution in [2.45, 2.75) is 31.2 Å². The van der Waals surface area contributed by atoms with Crippen molar-refractivity contribution < 1.29 is 13.5 Å². The molecular weight excluding hydrogens is 252 g/mol. The van der Waals surface area contributed by atoms with E-state index in [-0.39, 0.29) is 11.5 Å². The molecule has 0 fully saturated rings. The van der Waals surface area contributed by atoms with E-state index in [9.17, 15) is 13.5 Å². The fourth-order valence-corrected chi connectivity index (χ4v) is 2.99. The fraction of sp³-hybridized carbons (Fsp3) is 0.500. The first-order chi connectivity index (χ1) is 8.35. The van der Waals surface area contributed by atoms with Crippen molar-refractivity contribution >= 4 is 15.7 Å². The number of aliphatic hydroxyl groups is 1. The van der Waals surface area contributed by atoms with E-state index in [1.54, 1.807) is 12.1 Å². The van der Waals surface area contributed by atoms with Gasteiger partial charge in [-0.05, 0) is 30.5 Å².